The van der Waals surface area contributed by atoms with Gasteiger partial charge >= 0.3 is 5.97 Å². The van der Waals surface area contributed by atoms with E-state index < -0.39 is 5.97 Å². The third kappa shape index (κ3) is 6.52. The monoisotopic (exact) mass is 402 g/mol. The Morgan fingerprint density at radius 3 is 2.37 bits per heavy atom. The van der Waals surface area contributed by atoms with Crippen molar-refractivity contribution in [3.63, 3.8) is 0 Å². The third-order valence-corrected chi connectivity index (χ3v) is 4.75. The van der Waals surface area contributed by atoms with E-state index in [1.54, 1.807) is 12.1 Å². The summed E-state index contributed by atoms with van der Waals surface area (Å²) in [6.07, 6.45) is 4.59. The molecule has 0 aliphatic carbocycles. The number of carboxylic acid groups (broad SMARTS) is 1. The lowest BCUT2D eigenvalue weighted by atomic mass is 9.95. The molecule has 0 aromatic heterocycles. The molecule has 4 nitrogen and oxygen atoms in total. The highest BCUT2D eigenvalue weighted by Gasteiger charge is 2.07. The second-order valence-electron chi connectivity index (χ2n) is 7.06. The lowest BCUT2D eigenvalue weighted by molar-refractivity contribution is -0.137. The van der Waals surface area contributed by atoms with Crippen molar-refractivity contribution in [1.82, 2.24) is 0 Å². The molecule has 30 heavy (non-hydrogen) atoms. The summed E-state index contributed by atoms with van der Waals surface area (Å²) in [5.74, 6) is 0.133. The standard InChI is InChI=1S/C26H26O4/c27-23-11-5-10-22(19-23)25(12-4-9-20-7-2-1-3-8-20)21-14-16-24(17-15-21)30-18-6-13-26(28)29/h1-3,5,7-8,10-12,14-17,19,27H,4,6,9,13,18H2,(H,28,29)/b25-12-. The topological polar surface area (TPSA) is 66.8 Å². The molecule has 0 aliphatic rings. The van der Waals surface area contributed by atoms with Crippen LogP contribution in [0.25, 0.3) is 5.57 Å². The van der Waals surface area contributed by atoms with Crippen LogP contribution < -0.4 is 4.74 Å². The molecule has 0 saturated heterocycles. The van der Waals surface area contributed by atoms with E-state index in [2.05, 4.69) is 18.2 Å². The van der Waals surface area contributed by atoms with E-state index in [1.807, 2.05) is 54.6 Å². The fraction of sp³-hybridized carbons (Fsp3) is 0.192. The van der Waals surface area contributed by atoms with Crippen molar-refractivity contribution >= 4 is 11.5 Å². The van der Waals surface area contributed by atoms with E-state index in [4.69, 9.17) is 9.84 Å². The number of aromatic hydroxyl groups is 1. The first-order chi connectivity index (χ1) is 14.6. The van der Waals surface area contributed by atoms with Gasteiger partial charge in [-0.1, -0.05) is 60.7 Å². The van der Waals surface area contributed by atoms with Crippen LogP contribution in [0.3, 0.4) is 0 Å². The van der Waals surface area contributed by atoms with Crippen LogP contribution in [0.1, 0.15) is 36.0 Å². The van der Waals surface area contributed by atoms with Gasteiger partial charge in [0.05, 0.1) is 6.61 Å². The molecule has 0 unspecified atom stereocenters. The molecule has 0 amide bonds. The minimum Gasteiger partial charge on any atom is -0.508 e. The molecule has 0 spiro atoms. The van der Waals surface area contributed by atoms with E-state index >= 15 is 0 Å². The van der Waals surface area contributed by atoms with Crippen molar-refractivity contribution in [3.8, 4) is 11.5 Å². The number of carbonyl (C=O) groups is 1. The second-order valence-corrected chi connectivity index (χ2v) is 7.06. The molecular formula is C26H26O4. The van der Waals surface area contributed by atoms with Crippen molar-refractivity contribution in [3.05, 3.63) is 102 Å². The average molecular weight is 402 g/mol. The highest BCUT2D eigenvalue weighted by Crippen LogP contribution is 2.28. The SMILES string of the molecule is O=C(O)CCCOc1ccc(/C(=C/CCc2ccccc2)c2cccc(O)c2)cc1. The van der Waals surface area contributed by atoms with Crippen molar-refractivity contribution < 1.29 is 19.7 Å². The number of benzene rings is 3. The molecule has 3 rings (SSSR count). The van der Waals surface area contributed by atoms with E-state index in [-0.39, 0.29) is 12.2 Å². The van der Waals surface area contributed by atoms with Gasteiger partial charge in [-0.05, 0) is 65.8 Å². The largest absolute Gasteiger partial charge is 0.508 e. The van der Waals surface area contributed by atoms with Crippen LogP contribution in [0.5, 0.6) is 11.5 Å². The molecular weight excluding hydrogens is 376 g/mol. The number of rotatable bonds is 10. The molecule has 0 saturated carbocycles. The molecule has 2 N–H and O–H groups in total. The highest BCUT2D eigenvalue weighted by molar-refractivity contribution is 5.80. The summed E-state index contributed by atoms with van der Waals surface area (Å²) in [7, 11) is 0. The predicted molar refractivity (Wildman–Crippen MR) is 119 cm³/mol. The Labute approximate surface area is 177 Å². The molecule has 0 bridgehead atoms. The van der Waals surface area contributed by atoms with Crippen LogP contribution in [0.4, 0.5) is 0 Å². The zero-order valence-electron chi connectivity index (χ0n) is 16.8. The molecule has 4 heteroatoms. The van der Waals surface area contributed by atoms with Crippen LogP contribution >= 0.6 is 0 Å². The Balaban J connectivity index is 1.74. The molecule has 0 aliphatic heterocycles. The summed E-state index contributed by atoms with van der Waals surface area (Å²) >= 11 is 0. The Morgan fingerprint density at radius 2 is 1.67 bits per heavy atom. The first-order valence-corrected chi connectivity index (χ1v) is 10.1. The summed E-state index contributed by atoms with van der Waals surface area (Å²) in [5, 5.41) is 18.6. The van der Waals surface area contributed by atoms with Gasteiger partial charge < -0.3 is 14.9 Å². The van der Waals surface area contributed by atoms with Crippen LogP contribution in [-0.2, 0) is 11.2 Å². The molecule has 3 aromatic carbocycles. The summed E-state index contributed by atoms with van der Waals surface area (Å²) in [4.78, 5) is 10.6. The summed E-state index contributed by atoms with van der Waals surface area (Å²) in [6, 6.07) is 25.4. The molecule has 3 aromatic rings. The smallest absolute Gasteiger partial charge is 0.303 e. The fourth-order valence-electron chi connectivity index (χ4n) is 3.25. The zero-order chi connectivity index (χ0) is 21.2. The first-order valence-electron chi connectivity index (χ1n) is 10.1. The van der Waals surface area contributed by atoms with E-state index in [0.29, 0.717) is 18.8 Å². The molecule has 0 atom stereocenters. The van der Waals surface area contributed by atoms with E-state index in [9.17, 15) is 9.90 Å². The summed E-state index contributed by atoms with van der Waals surface area (Å²) in [5.41, 5.74) is 4.33. The number of aryl methyl sites for hydroxylation is 1. The van der Waals surface area contributed by atoms with Crippen molar-refractivity contribution in [2.24, 2.45) is 0 Å². The number of phenolic OH excluding ortho intramolecular Hbond substituents is 1. The molecule has 0 heterocycles. The fourth-order valence-corrected chi connectivity index (χ4v) is 3.25. The van der Waals surface area contributed by atoms with Gasteiger partial charge in [-0.3, -0.25) is 4.79 Å². The third-order valence-electron chi connectivity index (χ3n) is 4.75. The maximum Gasteiger partial charge on any atom is 0.303 e. The van der Waals surface area contributed by atoms with Crippen LogP contribution in [-0.4, -0.2) is 22.8 Å². The molecule has 0 fully saturated rings. The second kappa shape index (κ2) is 10.9. The predicted octanol–water partition coefficient (Wildman–Crippen LogP) is 5.70. The Hall–Kier alpha value is -3.53. The number of allylic oxidation sites excluding steroid dienone is 1. The number of hydrogen-bond donors (Lipinski definition) is 2. The Morgan fingerprint density at radius 1 is 0.900 bits per heavy atom. The number of ether oxygens (including phenoxy) is 1. The minimum absolute atomic E-state index is 0.101. The van der Waals surface area contributed by atoms with Gasteiger partial charge in [0.1, 0.15) is 11.5 Å². The summed E-state index contributed by atoms with van der Waals surface area (Å²) in [6.45, 7) is 0.373. The summed E-state index contributed by atoms with van der Waals surface area (Å²) < 4.78 is 5.63. The van der Waals surface area contributed by atoms with Gasteiger partial charge in [0.15, 0.2) is 0 Å². The quantitative estimate of drug-likeness (QED) is 0.427. The van der Waals surface area contributed by atoms with Crippen LogP contribution in [0.2, 0.25) is 0 Å². The van der Waals surface area contributed by atoms with Crippen LogP contribution in [0.15, 0.2) is 84.9 Å². The number of aliphatic carboxylic acids is 1. The van der Waals surface area contributed by atoms with Gasteiger partial charge in [0, 0.05) is 6.42 Å². The van der Waals surface area contributed by atoms with Gasteiger partial charge in [-0.15, -0.1) is 0 Å². The normalized spacial score (nSPS) is 11.3. The average Bonchev–Trinajstić information content (AvgIpc) is 2.75. The first kappa shape index (κ1) is 21.2. The van der Waals surface area contributed by atoms with Crippen molar-refractivity contribution in [1.29, 1.82) is 0 Å². The van der Waals surface area contributed by atoms with Crippen LogP contribution in [0, 0.1) is 0 Å². The number of phenols is 1. The molecule has 0 radical (unpaired) electrons. The van der Waals surface area contributed by atoms with Gasteiger partial charge in [0.25, 0.3) is 0 Å². The lowest BCUT2D eigenvalue weighted by Gasteiger charge is -2.11. The number of hydrogen-bond acceptors (Lipinski definition) is 3. The van der Waals surface area contributed by atoms with Gasteiger partial charge in [0.2, 0.25) is 0 Å². The maximum absolute atomic E-state index is 10.6. The lowest BCUT2D eigenvalue weighted by Crippen LogP contribution is -2.02. The van der Waals surface area contributed by atoms with E-state index in [1.165, 1.54) is 5.56 Å². The minimum atomic E-state index is -0.814. The van der Waals surface area contributed by atoms with Crippen molar-refractivity contribution in [2.75, 3.05) is 6.61 Å². The van der Waals surface area contributed by atoms with E-state index in [0.717, 1.165) is 29.5 Å². The Kier molecular flexibility index (Phi) is 7.67. The van der Waals surface area contributed by atoms with Gasteiger partial charge in [-0.25, -0.2) is 0 Å². The Bertz CT molecular complexity index is 975. The maximum atomic E-state index is 10.6. The zero-order valence-corrected chi connectivity index (χ0v) is 16.8. The van der Waals surface area contributed by atoms with Gasteiger partial charge in [-0.2, -0.15) is 0 Å². The molecule has 154 valence electrons. The van der Waals surface area contributed by atoms with Crippen molar-refractivity contribution in [2.45, 2.75) is 25.7 Å². The number of carboxylic acids is 1. The highest BCUT2D eigenvalue weighted by atomic mass is 16.5.